The Morgan fingerprint density at radius 3 is 2.83 bits per heavy atom. The van der Waals surface area contributed by atoms with E-state index in [0.29, 0.717) is 49.9 Å². The number of alkyl halides is 3. The lowest BCUT2D eigenvalue weighted by atomic mass is 10.0. The molecule has 0 spiro atoms. The highest BCUT2D eigenvalue weighted by molar-refractivity contribution is 7.09. The van der Waals surface area contributed by atoms with Crippen molar-refractivity contribution in [2.75, 3.05) is 32.1 Å². The summed E-state index contributed by atoms with van der Waals surface area (Å²) in [6, 6.07) is 5.56. The van der Waals surface area contributed by atoms with Gasteiger partial charge in [-0.15, -0.1) is 11.3 Å². The first-order chi connectivity index (χ1) is 14.3. The highest BCUT2D eigenvalue weighted by Crippen LogP contribution is 2.30. The van der Waals surface area contributed by atoms with Gasteiger partial charge in [0.2, 0.25) is 5.91 Å². The van der Waals surface area contributed by atoms with E-state index >= 15 is 0 Å². The van der Waals surface area contributed by atoms with Crippen molar-refractivity contribution >= 4 is 28.9 Å². The smallest absolute Gasteiger partial charge is 0.434 e. The summed E-state index contributed by atoms with van der Waals surface area (Å²) in [4.78, 5) is 19.1. The maximum Gasteiger partial charge on any atom is 0.434 e. The predicted octanol–water partition coefficient (Wildman–Crippen LogP) is 2.83. The van der Waals surface area contributed by atoms with Gasteiger partial charge in [0, 0.05) is 37.5 Å². The van der Waals surface area contributed by atoms with E-state index < -0.39 is 11.9 Å². The minimum absolute atomic E-state index is 0.0231. The van der Waals surface area contributed by atoms with E-state index in [-0.39, 0.29) is 5.91 Å². The number of benzene rings is 1. The SMILES string of the molecule is CN=C(NCCOc1ccc2c(c1)CCC(=O)N2)NCCc1nc(C(F)(F)F)cs1. The van der Waals surface area contributed by atoms with Crippen LogP contribution in [0, 0.1) is 0 Å². The zero-order valence-corrected chi connectivity index (χ0v) is 17.1. The van der Waals surface area contributed by atoms with Crippen LogP contribution in [0.5, 0.6) is 5.75 Å². The number of thiazole rings is 1. The lowest BCUT2D eigenvalue weighted by Gasteiger charge is -2.18. The van der Waals surface area contributed by atoms with Gasteiger partial charge < -0.3 is 20.7 Å². The number of fused-ring (bicyclic) bond motifs is 1. The summed E-state index contributed by atoms with van der Waals surface area (Å²) in [5, 5.41) is 10.4. The molecule has 1 amide bonds. The molecule has 0 atom stereocenters. The molecule has 0 saturated carbocycles. The number of carbonyl (C=O) groups excluding carboxylic acids is 1. The number of halogens is 3. The Bertz CT molecular complexity index is 914. The average molecular weight is 441 g/mol. The van der Waals surface area contributed by atoms with Crippen LogP contribution in [0.25, 0.3) is 0 Å². The highest BCUT2D eigenvalue weighted by atomic mass is 32.1. The molecule has 2 heterocycles. The van der Waals surface area contributed by atoms with Crippen LogP contribution in [0.15, 0.2) is 28.6 Å². The van der Waals surface area contributed by atoms with Crippen LogP contribution in [-0.2, 0) is 23.8 Å². The molecule has 1 aromatic heterocycles. The normalized spacial score (nSPS) is 14.1. The van der Waals surface area contributed by atoms with Crippen molar-refractivity contribution in [1.29, 1.82) is 0 Å². The fourth-order valence-corrected chi connectivity index (χ4v) is 3.66. The minimum Gasteiger partial charge on any atom is -0.492 e. The molecule has 0 bridgehead atoms. The number of ether oxygens (including phenoxy) is 1. The van der Waals surface area contributed by atoms with Crippen LogP contribution in [0.4, 0.5) is 18.9 Å². The van der Waals surface area contributed by atoms with E-state index in [1.54, 1.807) is 13.1 Å². The van der Waals surface area contributed by atoms with Crippen LogP contribution in [0.1, 0.15) is 22.7 Å². The molecule has 162 valence electrons. The van der Waals surface area contributed by atoms with Crippen LogP contribution in [0.2, 0.25) is 0 Å². The number of rotatable bonds is 7. The van der Waals surface area contributed by atoms with Crippen molar-refractivity contribution in [2.45, 2.75) is 25.4 Å². The molecule has 2 aromatic rings. The summed E-state index contributed by atoms with van der Waals surface area (Å²) in [5.74, 6) is 1.27. The molecular formula is C19H22F3N5O2S. The van der Waals surface area contributed by atoms with Gasteiger partial charge in [-0.25, -0.2) is 4.98 Å². The number of hydrogen-bond donors (Lipinski definition) is 3. The zero-order valence-electron chi connectivity index (χ0n) is 16.3. The molecule has 1 aromatic carbocycles. The molecule has 3 N–H and O–H groups in total. The van der Waals surface area contributed by atoms with Crippen molar-refractivity contribution in [3.05, 3.63) is 39.8 Å². The summed E-state index contributed by atoms with van der Waals surface area (Å²) in [6.45, 7) is 1.29. The second-order valence-electron chi connectivity index (χ2n) is 6.52. The summed E-state index contributed by atoms with van der Waals surface area (Å²) < 4.78 is 43.4. The molecule has 1 aliphatic rings. The van der Waals surface area contributed by atoms with Gasteiger partial charge in [0.05, 0.1) is 11.6 Å². The van der Waals surface area contributed by atoms with Gasteiger partial charge in [-0.1, -0.05) is 0 Å². The molecule has 0 radical (unpaired) electrons. The molecule has 30 heavy (non-hydrogen) atoms. The number of hydrogen-bond acceptors (Lipinski definition) is 5. The first-order valence-corrected chi connectivity index (χ1v) is 10.2. The Kier molecular flexibility index (Phi) is 7.14. The van der Waals surface area contributed by atoms with Crippen molar-refractivity contribution in [3.63, 3.8) is 0 Å². The highest BCUT2D eigenvalue weighted by Gasteiger charge is 2.33. The van der Waals surface area contributed by atoms with Crippen LogP contribution >= 0.6 is 11.3 Å². The largest absolute Gasteiger partial charge is 0.492 e. The molecule has 0 aliphatic carbocycles. The van der Waals surface area contributed by atoms with E-state index in [9.17, 15) is 18.0 Å². The quantitative estimate of drug-likeness (QED) is 0.349. The molecule has 0 saturated heterocycles. The number of aryl methyl sites for hydroxylation is 1. The van der Waals surface area contributed by atoms with E-state index in [2.05, 4.69) is 25.9 Å². The summed E-state index contributed by atoms with van der Waals surface area (Å²) in [6.07, 6.45) is -2.88. The van der Waals surface area contributed by atoms with Crippen molar-refractivity contribution in [1.82, 2.24) is 15.6 Å². The van der Waals surface area contributed by atoms with Crippen LogP contribution in [0.3, 0.4) is 0 Å². The van der Waals surface area contributed by atoms with Crippen molar-refractivity contribution < 1.29 is 22.7 Å². The Labute approximate surface area is 175 Å². The number of guanidine groups is 1. The van der Waals surface area contributed by atoms with Crippen LogP contribution < -0.4 is 20.7 Å². The summed E-state index contributed by atoms with van der Waals surface area (Å²) >= 11 is 0.990. The van der Waals surface area contributed by atoms with Gasteiger partial charge in [0.1, 0.15) is 12.4 Å². The third-order valence-electron chi connectivity index (χ3n) is 4.33. The second kappa shape index (κ2) is 9.79. The molecule has 3 rings (SSSR count). The maximum atomic E-state index is 12.6. The fourth-order valence-electron chi connectivity index (χ4n) is 2.85. The molecule has 0 fully saturated rings. The molecule has 0 unspecified atom stereocenters. The first-order valence-electron chi connectivity index (χ1n) is 9.37. The third kappa shape index (κ3) is 6.09. The summed E-state index contributed by atoms with van der Waals surface area (Å²) in [7, 11) is 1.61. The Morgan fingerprint density at radius 2 is 2.10 bits per heavy atom. The third-order valence-corrected chi connectivity index (χ3v) is 5.24. The van der Waals surface area contributed by atoms with Crippen LogP contribution in [-0.4, -0.2) is 43.6 Å². The average Bonchev–Trinajstić information content (AvgIpc) is 3.19. The Morgan fingerprint density at radius 1 is 1.30 bits per heavy atom. The standard InChI is InChI=1S/C19H22F3N5O2S/c1-23-18(24-7-6-17-27-15(11-30-17)19(20,21)22)25-8-9-29-13-3-4-14-12(10-13)2-5-16(28)26-14/h3-4,10-11H,2,5-9H2,1H3,(H,26,28)(H2,23,24,25). The van der Waals surface area contributed by atoms with Gasteiger partial charge in [0.15, 0.2) is 11.7 Å². The Balaban J connectivity index is 1.37. The molecule has 11 heteroatoms. The van der Waals surface area contributed by atoms with Gasteiger partial charge >= 0.3 is 6.18 Å². The molecular weight excluding hydrogens is 419 g/mol. The fraction of sp³-hybridized carbons (Fsp3) is 0.421. The van der Waals surface area contributed by atoms with Gasteiger partial charge in [0.25, 0.3) is 0 Å². The lowest BCUT2D eigenvalue weighted by molar-refractivity contribution is -0.140. The number of carbonyl (C=O) groups is 1. The van der Waals surface area contributed by atoms with Gasteiger partial charge in [-0.05, 0) is 30.2 Å². The number of aliphatic imine (C=N–C) groups is 1. The number of aromatic nitrogens is 1. The predicted molar refractivity (Wildman–Crippen MR) is 109 cm³/mol. The summed E-state index contributed by atoms with van der Waals surface area (Å²) in [5.41, 5.74) is 1.02. The number of nitrogens with zero attached hydrogens (tertiary/aromatic N) is 2. The van der Waals surface area contributed by atoms with Gasteiger partial charge in [-0.2, -0.15) is 13.2 Å². The van der Waals surface area contributed by atoms with E-state index in [0.717, 1.165) is 33.7 Å². The van der Waals surface area contributed by atoms with E-state index in [1.165, 1.54) is 0 Å². The van der Waals surface area contributed by atoms with E-state index in [4.69, 9.17) is 4.74 Å². The van der Waals surface area contributed by atoms with Crippen molar-refractivity contribution in [2.24, 2.45) is 4.99 Å². The van der Waals surface area contributed by atoms with Gasteiger partial charge in [-0.3, -0.25) is 9.79 Å². The van der Waals surface area contributed by atoms with E-state index in [1.807, 2.05) is 12.1 Å². The van der Waals surface area contributed by atoms with Crippen molar-refractivity contribution in [3.8, 4) is 5.75 Å². The maximum absolute atomic E-state index is 12.6. The number of anilines is 1. The first kappa shape index (κ1) is 21.9. The zero-order chi connectivity index (χ0) is 21.6. The number of nitrogens with one attached hydrogen (secondary N) is 3. The molecule has 7 nitrogen and oxygen atoms in total. The minimum atomic E-state index is -4.41. The Hall–Kier alpha value is -2.82. The molecule has 1 aliphatic heterocycles. The lowest BCUT2D eigenvalue weighted by Crippen LogP contribution is -2.40. The topological polar surface area (TPSA) is 87.6 Å². The monoisotopic (exact) mass is 441 g/mol. The number of amides is 1. The second-order valence-corrected chi connectivity index (χ2v) is 7.46.